The summed E-state index contributed by atoms with van der Waals surface area (Å²) in [5, 5.41) is 3.16. The predicted octanol–water partition coefficient (Wildman–Crippen LogP) is 6.03. The zero-order valence-electron chi connectivity index (χ0n) is 17.1. The van der Waals surface area contributed by atoms with Crippen LogP contribution in [0.15, 0.2) is 78.9 Å². The van der Waals surface area contributed by atoms with Crippen molar-refractivity contribution >= 4 is 23.0 Å². The second-order valence-corrected chi connectivity index (χ2v) is 7.46. The van der Waals surface area contributed by atoms with Crippen molar-refractivity contribution in [1.82, 2.24) is 0 Å². The third kappa shape index (κ3) is 7.41. The molecule has 0 aliphatic rings. The Hall–Kier alpha value is -3.05. The standard InChI is InChI=1S/C25H28N2O2S/c26-25(30)27-22-11-8-12-24(19-22)29-18-7-2-1-6-17-28-23-15-13-21(14-16-23)20-9-4-3-5-10-20/h3-5,8-16,19H,1-2,6-7,17-18H2,(H3,26,27,30). The zero-order valence-corrected chi connectivity index (χ0v) is 17.9. The maximum Gasteiger partial charge on any atom is 0.168 e. The molecule has 3 rings (SSSR count). The van der Waals surface area contributed by atoms with Crippen molar-refractivity contribution in [3.63, 3.8) is 0 Å². The molecule has 0 amide bonds. The fourth-order valence-corrected chi connectivity index (χ4v) is 3.24. The summed E-state index contributed by atoms with van der Waals surface area (Å²) in [4.78, 5) is 0. The maximum absolute atomic E-state index is 5.86. The lowest BCUT2D eigenvalue weighted by Crippen LogP contribution is -2.18. The maximum atomic E-state index is 5.86. The fourth-order valence-electron chi connectivity index (χ4n) is 3.12. The Balaban J connectivity index is 1.27. The molecule has 156 valence electrons. The summed E-state index contributed by atoms with van der Waals surface area (Å²) in [7, 11) is 0. The number of nitrogens with one attached hydrogen (secondary N) is 1. The third-order valence-corrected chi connectivity index (χ3v) is 4.74. The van der Waals surface area contributed by atoms with Crippen LogP contribution in [-0.4, -0.2) is 18.3 Å². The van der Waals surface area contributed by atoms with E-state index in [1.54, 1.807) is 0 Å². The first-order chi connectivity index (χ1) is 14.7. The number of ether oxygens (including phenoxy) is 2. The van der Waals surface area contributed by atoms with E-state index in [0.29, 0.717) is 6.61 Å². The number of nitrogens with two attached hydrogens (primary N) is 1. The van der Waals surface area contributed by atoms with Gasteiger partial charge in [-0.1, -0.05) is 48.5 Å². The molecule has 0 radical (unpaired) electrons. The smallest absolute Gasteiger partial charge is 0.168 e. The Morgan fingerprint density at radius 1 is 0.700 bits per heavy atom. The average Bonchev–Trinajstić information content (AvgIpc) is 2.76. The lowest BCUT2D eigenvalue weighted by Gasteiger charge is -2.09. The normalized spacial score (nSPS) is 10.4. The molecule has 0 spiro atoms. The topological polar surface area (TPSA) is 56.5 Å². The van der Waals surface area contributed by atoms with E-state index in [1.807, 2.05) is 42.5 Å². The second kappa shape index (κ2) is 11.8. The van der Waals surface area contributed by atoms with E-state index in [2.05, 4.69) is 41.7 Å². The minimum Gasteiger partial charge on any atom is -0.494 e. The van der Waals surface area contributed by atoms with Crippen LogP contribution in [0.4, 0.5) is 5.69 Å². The number of anilines is 1. The van der Waals surface area contributed by atoms with Crippen LogP contribution < -0.4 is 20.5 Å². The Morgan fingerprint density at radius 2 is 1.33 bits per heavy atom. The molecule has 0 atom stereocenters. The van der Waals surface area contributed by atoms with Gasteiger partial charge in [0.1, 0.15) is 11.5 Å². The van der Waals surface area contributed by atoms with Crippen molar-refractivity contribution in [1.29, 1.82) is 0 Å². The molecule has 0 bridgehead atoms. The van der Waals surface area contributed by atoms with E-state index in [1.165, 1.54) is 11.1 Å². The summed E-state index contributed by atoms with van der Waals surface area (Å²) in [6, 6.07) is 26.3. The van der Waals surface area contributed by atoms with Gasteiger partial charge in [0.15, 0.2) is 5.11 Å². The van der Waals surface area contributed by atoms with Crippen LogP contribution >= 0.6 is 12.2 Å². The Kier molecular flexibility index (Phi) is 8.54. The molecule has 0 aliphatic carbocycles. The number of unbranched alkanes of at least 4 members (excludes halogenated alkanes) is 3. The SMILES string of the molecule is NC(=S)Nc1cccc(OCCCCCCOc2ccc(-c3ccccc3)cc2)c1. The zero-order chi connectivity index (χ0) is 21.0. The highest BCUT2D eigenvalue weighted by atomic mass is 32.1. The molecule has 0 aliphatic heterocycles. The van der Waals surface area contributed by atoms with Gasteiger partial charge in [-0.2, -0.15) is 0 Å². The van der Waals surface area contributed by atoms with Gasteiger partial charge in [-0.3, -0.25) is 0 Å². The van der Waals surface area contributed by atoms with Crippen LogP contribution in [0, 0.1) is 0 Å². The Bertz CT molecular complexity index is 914. The van der Waals surface area contributed by atoms with E-state index in [-0.39, 0.29) is 5.11 Å². The Morgan fingerprint density at radius 3 is 2.00 bits per heavy atom. The van der Waals surface area contributed by atoms with Gasteiger partial charge in [0, 0.05) is 11.8 Å². The van der Waals surface area contributed by atoms with Crippen LogP contribution in [0.3, 0.4) is 0 Å². The molecule has 0 aromatic heterocycles. The molecular weight excluding hydrogens is 392 g/mol. The van der Waals surface area contributed by atoms with Crippen LogP contribution in [0.1, 0.15) is 25.7 Å². The van der Waals surface area contributed by atoms with E-state index in [0.717, 1.165) is 49.5 Å². The monoisotopic (exact) mass is 420 g/mol. The molecule has 0 fully saturated rings. The molecule has 4 nitrogen and oxygen atoms in total. The molecule has 0 saturated carbocycles. The van der Waals surface area contributed by atoms with E-state index in [9.17, 15) is 0 Å². The first kappa shape index (κ1) is 21.7. The second-order valence-electron chi connectivity index (χ2n) is 7.02. The molecule has 0 unspecified atom stereocenters. The molecule has 0 saturated heterocycles. The van der Waals surface area contributed by atoms with Crippen molar-refractivity contribution < 1.29 is 9.47 Å². The lowest BCUT2D eigenvalue weighted by molar-refractivity contribution is 0.287. The summed E-state index contributed by atoms with van der Waals surface area (Å²) >= 11 is 4.85. The largest absolute Gasteiger partial charge is 0.494 e. The van der Waals surface area contributed by atoms with Crippen LogP contribution in [0.5, 0.6) is 11.5 Å². The number of hydrogen-bond acceptors (Lipinski definition) is 3. The highest BCUT2D eigenvalue weighted by molar-refractivity contribution is 7.80. The number of thiocarbonyl (C=S) groups is 1. The third-order valence-electron chi connectivity index (χ3n) is 4.64. The summed E-state index contributed by atoms with van der Waals surface area (Å²) in [6.07, 6.45) is 4.28. The molecule has 30 heavy (non-hydrogen) atoms. The van der Waals surface area contributed by atoms with E-state index in [4.69, 9.17) is 27.4 Å². The van der Waals surface area contributed by atoms with Crippen molar-refractivity contribution in [3.05, 3.63) is 78.9 Å². The molecular formula is C25H28N2O2S. The van der Waals surface area contributed by atoms with Gasteiger partial charge in [-0.25, -0.2) is 0 Å². The van der Waals surface area contributed by atoms with Gasteiger partial charge in [0.25, 0.3) is 0 Å². The first-order valence-electron chi connectivity index (χ1n) is 10.3. The molecule has 5 heteroatoms. The van der Waals surface area contributed by atoms with Crippen molar-refractivity contribution in [2.75, 3.05) is 18.5 Å². The lowest BCUT2D eigenvalue weighted by atomic mass is 10.1. The predicted molar refractivity (Wildman–Crippen MR) is 128 cm³/mol. The fraction of sp³-hybridized carbons (Fsp3) is 0.240. The van der Waals surface area contributed by atoms with Crippen LogP contribution in [0.2, 0.25) is 0 Å². The molecule has 3 aromatic rings. The summed E-state index contributed by atoms with van der Waals surface area (Å²) in [5.41, 5.74) is 8.76. The van der Waals surface area contributed by atoms with Crippen LogP contribution in [0.25, 0.3) is 11.1 Å². The van der Waals surface area contributed by atoms with Gasteiger partial charge in [-0.15, -0.1) is 0 Å². The van der Waals surface area contributed by atoms with E-state index >= 15 is 0 Å². The summed E-state index contributed by atoms with van der Waals surface area (Å²) < 4.78 is 11.7. The van der Waals surface area contributed by atoms with Crippen molar-refractivity contribution in [3.8, 4) is 22.6 Å². The van der Waals surface area contributed by atoms with Gasteiger partial charge in [0.05, 0.1) is 13.2 Å². The quantitative estimate of drug-likeness (QED) is 0.293. The van der Waals surface area contributed by atoms with Crippen molar-refractivity contribution in [2.24, 2.45) is 5.73 Å². The van der Waals surface area contributed by atoms with Crippen LogP contribution in [-0.2, 0) is 0 Å². The van der Waals surface area contributed by atoms with Gasteiger partial charge in [-0.05, 0) is 73.3 Å². The minimum atomic E-state index is 0.251. The highest BCUT2D eigenvalue weighted by Crippen LogP contribution is 2.22. The summed E-state index contributed by atoms with van der Waals surface area (Å²) in [6.45, 7) is 1.43. The minimum absolute atomic E-state index is 0.251. The molecule has 3 aromatic carbocycles. The van der Waals surface area contributed by atoms with Gasteiger partial charge < -0.3 is 20.5 Å². The number of rotatable bonds is 11. The Labute approximate surface area is 184 Å². The average molecular weight is 421 g/mol. The van der Waals surface area contributed by atoms with Gasteiger partial charge >= 0.3 is 0 Å². The summed E-state index contributed by atoms with van der Waals surface area (Å²) in [5.74, 6) is 1.74. The first-order valence-corrected chi connectivity index (χ1v) is 10.7. The van der Waals surface area contributed by atoms with E-state index < -0.39 is 0 Å². The number of hydrogen-bond donors (Lipinski definition) is 2. The highest BCUT2D eigenvalue weighted by Gasteiger charge is 2.00. The molecule has 3 N–H and O–H groups in total. The molecule has 0 heterocycles. The number of benzene rings is 3. The van der Waals surface area contributed by atoms with Crippen molar-refractivity contribution in [2.45, 2.75) is 25.7 Å². The van der Waals surface area contributed by atoms with Gasteiger partial charge in [0.2, 0.25) is 0 Å².